The van der Waals surface area contributed by atoms with Crippen LogP contribution in [0, 0.1) is 0 Å². The predicted octanol–water partition coefficient (Wildman–Crippen LogP) is 13.3. The highest BCUT2D eigenvalue weighted by Gasteiger charge is 2.44. The molecule has 0 radical (unpaired) electrons. The van der Waals surface area contributed by atoms with Crippen molar-refractivity contribution in [3.63, 3.8) is 0 Å². The Morgan fingerprint density at radius 3 is 1.06 bits per heavy atom. The minimum absolute atomic E-state index is 0.208. The van der Waals surface area contributed by atoms with Gasteiger partial charge >= 0.3 is 11.9 Å². The number of unbranched alkanes of at least 4 members (excludes halogenated alkanes) is 37. The van der Waals surface area contributed by atoms with E-state index < -0.39 is 49.4 Å². The number of ether oxygens (including phenoxy) is 4. The molecule has 1 heterocycles. The average Bonchev–Trinajstić information content (AvgIpc) is 3.29. The summed E-state index contributed by atoms with van der Waals surface area (Å²) in [4.78, 5) is 25.5. The molecule has 0 saturated carbocycles. The molecule has 0 bridgehead atoms. The first kappa shape index (κ1) is 60.7. The highest BCUT2D eigenvalue weighted by Crippen LogP contribution is 2.23. The molecule has 1 saturated heterocycles. The second-order valence-electron chi connectivity index (χ2n) is 19.4. The molecule has 6 atom stereocenters. The molecule has 10 heteroatoms. The van der Waals surface area contributed by atoms with Crippen molar-refractivity contribution in [3.8, 4) is 0 Å². The van der Waals surface area contributed by atoms with Gasteiger partial charge in [-0.05, 0) is 12.8 Å². The van der Waals surface area contributed by atoms with E-state index in [1.54, 1.807) is 0 Å². The van der Waals surface area contributed by atoms with E-state index in [0.717, 1.165) is 32.1 Å². The minimum Gasteiger partial charge on any atom is -0.462 e. The second kappa shape index (κ2) is 45.5. The summed E-state index contributed by atoms with van der Waals surface area (Å²) in [6.07, 6.45) is 42.6. The molecule has 0 aromatic carbocycles. The van der Waals surface area contributed by atoms with Crippen LogP contribution in [-0.4, -0.2) is 89.0 Å². The molecule has 0 spiro atoms. The number of rotatable bonds is 48. The zero-order chi connectivity index (χ0) is 46.6. The Kier molecular flexibility index (Phi) is 43.1. The maximum atomic E-state index is 12.9. The smallest absolute Gasteiger partial charge is 0.306 e. The number of aliphatic hydroxyl groups excluding tert-OH is 4. The molecule has 380 valence electrons. The van der Waals surface area contributed by atoms with Crippen molar-refractivity contribution in [3.05, 3.63) is 0 Å². The summed E-state index contributed by atoms with van der Waals surface area (Å²) in [5, 5.41) is 40.3. The number of hydrogen-bond acceptors (Lipinski definition) is 10. The lowest BCUT2D eigenvalue weighted by Crippen LogP contribution is -2.59. The Balaban J connectivity index is 2.21. The van der Waals surface area contributed by atoms with Crippen LogP contribution >= 0.6 is 0 Å². The van der Waals surface area contributed by atoms with Gasteiger partial charge in [0, 0.05) is 12.8 Å². The molecular weight excluding hydrogens is 809 g/mol. The van der Waals surface area contributed by atoms with Gasteiger partial charge in [0.1, 0.15) is 31.0 Å². The van der Waals surface area contributed by atoms with Gasteiger partial charge in [-0.25, -0.2) is 0 Å². The highest BCUT2D eigenvalue weighted by molar-refractivity contribution is 5.70. The maximum Gasteiger partial charge on any atom is 0.306 e. The van der Waals surface area contributed by atoms with Crippen molar-refractivity contribution in [1.82, 2.24) is 0 Å². The van der Waals surface area contributed by atoms with E-state index in [2.05, 4.69) is 13.8 Å². The van der Waals surface area contributed by atoms with Crippen molar-refractivity contribution in [1.29, 1.82) is 0 Å². The fourth-order valence-corrected chi connectivity index (χ4v) is 8.90. The van der Waals surface area contributed by atoms with Crippen LogP contribution in [0.5, 0.6) is 0 Å². The molecular formula is C54H104O10. The van der Waals surface area contributed by atoms with E-state index >= 15 is 0 Å². The number of carbonyl (C=O) groups is 2. The van der Waals surface area contributed by atoms with Gasteiger partial charge < -0.3 is 39.4 Å². The third-order valence-corrected chi connectivity index (χ3v) is 13.2. The quantitative estimate of drug-likeness (QED) is 0.0343. The lowest BCUT2D eigenvalue weighted by atomic mass is 9.99. The summed E-state index contributed by atoms with van der Waals surface area (Å²) in [5.74, 6) is -0.783. The molecule has 64 heavy (non-hydrogen) atoms. The molecule has 6 unspecified atom stereocenters. The van der Waals surface area contributed by atoms with Crippen molar-refractivity contribution >= 4 is 11.9 Å². The molecule has 0 aromatic rings. The highest BCUT2D eigenvalue weighted by atomic mass is 16.7. The van der Waals surface area contributed by atoms with Gasteiger partial charge in [0.2, 0.25) is 0 Å². The first-order valence-corrected chi connectivity index (χ1v) is 27.6. The Morgan fingerprint density at radius 2 is 0.734 bits per heavy atom. The summed E-state index contributed by atoms with van der Waals surface area (Å²) >= 11 is 0. The van der Waals surface area contributed by atoms with Gasteiger partial charge in [-0.15, -0.1) is 0 Å². The Bertz CT molecular complexity index is 1010. The Morgan fingerprint density at radius 1 is 0.422 bits per heavy atom. The van der Waals surface area contributed by atoms with Crippen LogP contribution in [0.1, 0.15) is 277 Å². The fraction of sp³-hybridized carbons (Fsp3) is 0.963. The van der Waals surface area contributed by atoms with E-state index in [4.69, 9.17) is 18.9 Å². The molecule has 1 aliphatic rings. The van der Waals surface area contributed by atoms with Crippen LogP contribution in [0.25, 0.3) is 0 Å². The Hall–Kier alpha value is -1.30. The lowest BCUT2D eigenvalue weighted by molar-refractivity contribution is -0.305. The zero-order valence-corrected chi connectivity index (χ0v) is 41.8. The monoisotopic (exact) mass is 913 g/mol. The zero-order valence-electron chi connectivity index (χ0n) is 41.8. The number of carbonyl (C=O) groups excluding carboxylic acids is 2. The predicted molar refractivity (Wildman–Crippen MR) is 261 cm³/mol. The first-order chi connectivity index (χ1) is 31.3. The number of hydrogen-bond donors (Lipinski definition) is 4. The van der Waals surface area contributed by atoms with Crippen LogP contribution in [0.4, 0.5) is 0 Å². The van der Waals surface area contributed by atoms with E-state index in [0.29, 0.717) is 6.42 Å². The summed E-state index contributed by atoms with van der Waals surface area (Å²) in [6, 6.07) is 0. The van der Waals surface area contributed by atoms with Gasteiger partial charge in [0.25, 0.3) is 0 Å². The topological polar surface area (TPSA) is 152 Å². The average molecular weight is 913 g/mol. The molecule has 4 N–H and O–H groups in total. The first-order valence-electron chi connectivity index (χ1n) is 27.6. The molecule has 1 rings (SSSR count). The molecule has 0 aromatic heterocycles. The summed E-state index contributed by atoms with van der Waals surface area (Å²) in [6.45, 7) is 3.49. The van der Waals surface area contributed by atoms with Crippen LogP contribution < -0.4 is 0 Å². The SMILES string of the molecule is CCCCCCCCCCCCCCCCCCCCCCC(=O)OC(COC(=O)CCCCCCCCCCCCCCCCCCCCC)COC1OC(CO)C(O)C(O)C1O. The minimum atomic E-state index is -1.59. The Labute approximate surface area is 393 Å². The number of esters is 2. The van der Waals surface area contributed by atoms with Gasteiger partial charge in [0.15, 0.2) is 12.4 Å². The largest absolute Gasteiger partial charge is 0.462 e. The van der Waals surface area contributed by atoms with Gasteiger partial charge in [-0.3, -0.25) is 9.59 Å². The maximum absolute atomic E-state index is 12.9. The van der Waals surface area contributed by atoms with Crippen molar-refractivity contribution in [2.75, 3.05) is 19.8 Å². The summed E-state index contributed by atoms with van der Waals surface area (Å²) in [5.41, 5.74) is 0. The van der Waals surface area contributed by atoms with E-state index in [-0.39, 0.29) is 32.0 Å². The molecule has 1 fully saturated rings. The lowest BCUT2D eigenvalue weighted by Gasteiger charge is -2.39. The van der Waals surface area contributed by atoms with Crippen LogP contribution in [0.2, 0.25) is 0 Å². The van der Waals surface area contributed by atoms with E-state index in [9.17, 15) is 30.0 Å². The second-order valence-corrected chi connectivity index (χ2v) is 19.4. The van der Waals surface area contributed by atoms with Gasteiger partial charge in [-0.1, -0.05) is 251 Å². The normalized spacial score (nSPS) is 19.2. The molecule has 0 amide bonds. The summed E-state index contributed by atoms with van der Waals surface area (Å²) < 4.78 is 22.3. The van der Waals surface area contributed by atoms with Crippen LogP contribution in [-0.2, 0) is 28.5 Å². The van der Waals surface area contributed by atoms with Crippen molar-refractivity contribution in [2.24, 2.45) is 0 Å². The standard InChI is InChI=1S/C54H104O10/c1-3-5-7-9-11-13-15-17-19-21-23-25-27-29-31-33-35-37-39-41-43-50(57)63-47(46-62-54-53(60)52(59)51(58)48(44-55)64-54)45-61-49(56)42-40-38-36-34-32-30-28-26-24-22-20-18-16-14-12-10-8-6-4-2/h47-48,51-55,58-60H,3-46H2,1-2H3. The van der Waals surface area contributed by atoms with E-state index in [1.807, 2.05) is 0 Å². The fourth-order valence-electron chi connectivity index (χ4n) is 8.90. The van der Waals surface area contributed by atoms with Crippen LogP contribution in [0.3, 0.4) is 0 Å². The van der Waals surface area contributed by atoms with Crippen molar-refractivity contribution < 1.29 is 49.0 Å². The third-order valence-electron chi connectivity index (χ3n) is 13.2. The van der Waals surface area contributed by atoms with E-state index in [1.165, 1.54) is 212 Å². The van der Waals surface area contributed by atoms with Crippen LogP contribution in [0.15, 0.2) is 0 Å². The molecule has 0 aliphatic carbocycles. The molecule has 10 nitrogen and oxygen atoms in total. The third kappa shape index (κ3) is 35.8. The van der Waals surface area contributed by atoms with Gasteiger partial charge in [0.05, 0.1) is 13.2 Å². The van der Waals surface area contributed by atoms with Gasteiger partial charge in [-0.2, -0.15) is 0 Å². The summed E-state index contributed by atoms with van der Waals surface area (Å²) in [7, 11) is 0. The molecule has 1 aliphatic heterocycles. The number of aliphatic hydroxyl groups is 4. The van der Waals surface area contributed by atoms with Crippen molar-refractivity contribution in [2.45, 2.75) is 314 Å².